The number of anilines is 1. The molecule has 6 aromatic carbocycles. The zero-order chi connectivity index (χ0) is 50.1. The molecule has 0 radical (unpaired) electrons. The van der Waals surface area contributed by atoms with Crippen LogP contribution in [0.3, 0.4) is 0 Å². The van der Waals surface area contributed by atoms with Crippen molar-refractivity contribution in [1.82, 2.24) is 0 Å². The largest absolute Gasteiger partial charge is 0.496 e. The molecule has 1 spiro atoms. The Morgan fingerprint density at radius 3 is 2.00 bits per heavy atom. The molecule has 2 fully saturated rings. The van der Waals surface area contributed by atoms with Crippen molar-refractivity contribution in [3.8, 4) is 28.4 Å². The molecule has 1 atom stereocenters. The number of methoxy groups -OCH3 is 1. The van der Waals surface area contributed by atoms with Crippen molar-refractivity contribution >= 4 is 34.3 Å². The Hall–Kier alpha value is -5.21. The van der Waals surface area contributed by atoms with Crippen molar-refractivity contribution in [2.75, 3.05) is 44.9 Å². The van der Waals surface area contributed by atoms with Gasteiger partial charge in [0.2, 0.25) is 0 Å². The Morgan fingerprint density at radius 1 is 0.732 bits per heavy atom. The van der Waals surface area contributed by atoms with Gasteiger partial charge >= 0.3 is 0 Å². The van der Waals surface area contributed by atoms with Crippen molar-refractivity contribution in [2.45, 2.75) is 140 Å². The average molecular weight is 970 g/mol. The van der Waals surface area contributed by atoms with E-state index in [0.29, 0.717) is 6.61 Å². The molecule has 1 unspecified atom stereocenters. The number of fused-ring (bicyclic) bond motifs is 10. The lowest BCUT2D eigenvalue weighted by atomic mass is 9.62. The van der Waals surface area contributed by atoms with Crippen LogP contribution in [-0.2, 0) is 20.5 Å². The van der Waals surface area contributed by atoms with E-state index in [9.17, 15) is 0 Å². The van der Waals surface area contributed by atoms with Crippen LogP contribution >= 0.6 is 11.8 Å². The highest BCUT2D eigenvalue weighted by Crippen LogP contribution is 2.66. The summed E-state index contributed by atoms with van der Waals surface area (Å²) in [5, 5.41) is 2.25. The van der Waals surface area contributed by atoms with Gasteiger partial charge in [0.25, 0.3) is 0 Å². The number of hydrogen-bond donors (Lipinski definition) is 0. The second-order valence-electron chi connectivity index (χ2n) is 23.8. The minimum Gasteiger partial charge on any atom is -0.496 e. The van der Waals surface area contributed by atoms with Crippen LogP contribution in [0.15, 0.2) is 119 Å². The Kier molecular flexibility index (Phi) is 12.8. The fraction of sp³-hybridized carbons (Fsp3) is 0.438. The first-order valence-corrected chi connectivity index (χ1v) is 26.9. The molecule has 0 amide bonds. The van der Waals surface area contributed by atoms with Crippen LogP contribution in [0.5, 0.6) is 17.2 Å². The number of aryl methyl sites for hydroxylation is 2. The Balaban J connectivity index is 1.21. The second-order valence-corrected chi connectivity index (χ2v) is 24.8. The predicted molar refractivity (Wildman–Crippen MR) is 294 cm³/mol. The molecule has 10 rings (SSSR count). The molecule has 1 saturated heterocycles. The molecule has 6 aromatic rings. The van der Waals surface area contributed by atoms with Gasteiger partial charge in [-0.3, -0.25) is 0 Å². The molecular weight excluding hydrogens is 895 g/mol. The first-order valence-electron chi connectivity index (χ1n) is 26.1. The second kappa shape index (κ2) is 18.4. The van der Waals surface area contributed by atoms with E-state index in [4.69, 9.17) is 23.7 Å². The molecule has 6 nitrogen and oxygen atoms in total. The normalized spacial score (nSPS) is 20.0. The van der Waals surface area contributed by atoms with Gasteiger partial charge in [-0.15, -0.1) is 0 Å². The van der Waals surface area contributed by atoms with Crippen LogP contribution < -0.4 is 19.1 Å². The quantitative estimate of drug-likeness (QED) is 0.121. The molecule has 7 heteroatoms. The summed E-state index contributed by atoms with van der Waals surface area (Å²) in [6.45, 7) is 28.7. The maximum absolute atomic E-state index is 8.07. The summed E-state index contributed by atoms with van der Waals surface area (Å²) >= 11 is 1.81. The van der Waals surface area contributed by atoms with Gasteiger partial charge < -0.3 is 28.6 Å². The first-order chi connectivity index (χ1) is 33.8. The Bertz CT molecular complexity index is 2960. The van der Waals surface area contributed by atoms with Gasteiger partial charge in [-0.05, 0) is 166 Å². The number of hydrogen-bond acceptors (Lipinski definition) is 7. The standard InChI is InChI=1S/C64H75NO5S/c1-13-61(8,9)68-41-62(10,11)69-47-27-23-45(24-28-47)64(44-21-25-46(26-22-44)65-33-35-67-36-34-65)30-29-49-56-55(48-19-14-15-20-52(48)63(56)39-59(4,5)31-32-60(6,7)40-63)50-38-54(53(66-12)37-51(50)57(49)70-64)71-58-42(2)17-16-18-43(58)3/h14-30,37-38H,13,31-36,39-41H2,1-12H3. The van der Waals surface area contributed by atoms with Crippen LogP contribution in [0.1, 0.15) is 133 Å². The average Bonchev–Trinajstić information content (AvgIpc) is 3.56. The maximum Gasteiger partial charge on any atom is 0.178 e. The van der Waals surface area contributed by atoms with Gasteiger partial charge in [-0.1, -0.05) is 119 Å². The lowest BCUT2D eigenvalue weighted by Crippen LogP contribution is -2.38. The monoisotopic (exact) mass is 970 g/mol. The highest BCUT2D eigenvalue weighted by atomic mass is 32.2. The number of benzene rings is 6. The van der Waals surface area contributed by atoms with Gasteiger partial charge in [-0.25, -0.2) is 0 Å². The van der Waals surface area contributed by atoms with E-state index in [1.807, 2.05) is 0 Å². The van der Waals surface area contributed by atoms with Gasteiger partial charge in [0.15, 0.2) is 5.60 Å². The van der Waals surface area contributed by atoms with Crippen molar-refractivity contribution in [3.05, 3.63) is 148 Å². The summed E-state index contributed by atoms with van der Waals surface area (Å²) in [6.07, 6.45) is 10.2. The molecule has 2 aliphatic heterocycles. The molecule has 372 valence electrons. The molecule has 2 aliphatic carbocycles. The summed E-state index contributed by atoms with van der Waals surface area (Å²) in [7, 11) is 1.80. The van der Waals surface area contributed by atoms with E-state index >= 15 is 0 Å². The lowest BCUT2D eigenvalue weighted by molar-refractivity contribution is -0.0824. The zero-order valence-corrected chi connectivity index (χ0v) is 45.3. The summed E-state index contributed by atoms with van der Waals surface area (Å²) in [5.74, 6) is 2.51. The Labute approximate surface area is 428 Å². The van der Waals surface area contributed by atoms with Crippen molar-refractivity contribution in [1.29, 1.82) is 0 Å². The number of rotatable bonds is 12. The minimum atomic E-state index is -0.987. The number of morpholine rings is 1. The van der Waals surface area contributed by atoms with Crippen LogP contribution in [0.2, 0.25) is 0 Å². The topological polar surface area (TPSA) is 49.4 Å². The number of nitrogens with zero attached hydrogens (tertiary/aromatic N) is 1. The van der Waals surface area contributed by atoms with Crippen molar-refractivity contribution in [3.63, 3.8) is 0 Å². The van der Waals surface area contributed by atoms with Crippen LogP contribution in [0.25, 0.3) is 28.0 Å². The van der Waals surface area contributed by atoms with Gasteiger partial charge in [0.05, 0.1) is 37.4 Å². The third-order valence-electron chi connectivity index (χ3n) is 16.2. The van der Waals surface area contributed by atoms with E-state index in [0.717, 1.165) is 84.2 Å². The summed E-state index contributed by atoms with van der Waals surface area (Å²) in [5.41, 5.74) is 10.7. The van der Waals surface area contributed by atoms with E-state index < -0.39 is 11.2 Å². The molecule has 71 heavy (non-hydrogen) atoms. The van der Waals surface area contributed by atoms with Crippen molar-refractivity contribution in [2.24, 2.45) is 10.8 Å². The SMILES string of the molecule is CCC(C)(C)OCC(C)(C)Oc1ccc(C2(c3ccc(N4CCOCC4)cc3)C=Cc3c4c(c5cc(Sc6c(C)cccc6C)c(OC)cc5c3O2)-c2ccccc2C42CC(C)(C)CCC(C)(C)C2)cc1. The van der Waals surface area contributed by atoms with Crippen LogP contribution in [0.4, 0.5) is 5.69 Å². The van der Waals surface area contributed by atoms with E-state index in [1.165, 1.54) is 67.8 Å². The lowest BCUT2D eigenvalue weighted by Gasteiger charge is -2.43. The number of ether oxygens (including phenoxy) is 5. The molecule has 0 bridgehead atoms. The third kappa shape index (κ3) is 9.18. The summed E-state index contributed by atoms with van der Waals surface area (Å²) < 4.78 is 33.3. The molecule has 0 aromatic heterocycles. The predicted octanol–water partition coefficient (Wildman–Crippen LogP) is 16.1. The van der Waals surface area contributed by atoms with E-state index in [-0.39, 0.29) is 21.8 Å². The van der Waals surface area contributed by atoms with Crippen LogP contribution in [-0.4, -0.2) is 51.2 Å². The Morgan fingerprint density at radius 2 is 1.37 bits per heavy atom. The fourth-order valence-electron chi connectivity index (χ4n) is 12.2. The summed E-state index contributed by atoms with van der Waals surface area (Å²) in [4.78, 5) is 4.77. The fourth-order valence-corrected chi connectivity index (χ4v) is 13.3. The van der Waals surface area contributed by atoms with E-state index in [2.05, 4.69) is 196 Å². The third-order valence-corrected chi connectivity index (χ3v) is 17.6. The highest BCUT2D eigenvalue weighted by Gasteiger charge is 2.54. The van der Waals surface area contributed by atoms with Crippen LogP contribution in [0, 0.1) is 24.7 Å². The maximum atomic E-state index is 8.07. The highest BCUT2D eigenvalue weighted by molar-refractivity contribution is 7.99. The van der Waals surface area contributed by atoms with Crippen molar-refractivity contribution < 1.29 is 23.7 Å². The van der Waals surface area contributed by atoms with E-state index in [1.54, 1.807) is 18.9 Å². The zero-order valence-electron chi connectivity index (χ0n) is 44.4. The first kappa shape index (κ1) is 49.4. The molecule has 4 aliphatic rings. The minimum absolute atomic E-state index is 0.107. The molecule has 2 heterocycles. The smallest absolute Gasteiger partial charge is 0.178 e. The molecule has 1 saturated carbocycles. The van der Waals surface area contributed by atoms with Gasteiger partial charge in [0, 0.05) is 51.2 Å². The van der Waals surface area contributed by atoms with Gasteiger partial charge in [0.1, 0.15) is 22.8 Å². The van der Waals surface area contributed by atoms with Gasteiger partial charge in [-0.2, -0.15) is 0 Å². The summed E-state index contributed by atoms with van der Waals surface area (Å²) in [6, 6.07) is 38.2. The molecule has 0 N–H and O–H groups in total. The molecular formula is C64H75NO5S.